The lowest BCUT2D eigenvalue weighted by atomic mass is 10.3. The molecule has 0 spiro atoms. The second-order valence-corrected chi connectivity index (χ2v) is 4.32. The summed E-state index contributed by atoms with van der Waals surface area (Å²) in [7, 11) is 0. The Kier molecular flexibility index (Phi) is 2.88. The molecule has 0 saturated carbocycles. The van der Waals surface area contributed by atoms with Gasteiger partial charge in [0.05, 0.1) is 16.4 Å². The Morgan fingerprint density at radius 1 is 1.40 bits per heavy atom. The summed E-state index contributed by atoms with van der Waals surface area (Å²) < 4.78 is 0.861. The predicted octanol–water partition coefficient (Wildman–Crippen LogP) is 2.74. The van der Waals surface area contributed by atoms with E-state index in [2.05, 4.69) is 21.4 Å². The molecule has 78 valence electrons. The van der Waals surface area contributed by atoms with Crippen LogP contribution in [-0.4, -0.2) is 0 Å². The number of hydrogen-bond acceptors (Lipinski definition) is 3. The summed E-state index contributed by atoms with van der Waals surface area (Å²) >= 11 is 9.28. The van der Waals surface area contributed by atoms with Gasteiger partial charge in [0, 0.05) is 16.9 Å². The van der Waals surface area contributed by atoms with Gasteiger partial charge in [-0.3, -0.25) is 10.4 Å². The fourth-order valence-corrected chi connectivity index (χ4v) is 1.68. The van der Waals surface area contributed by atoms with Crippen LogP contribution in [0.4, 0.5) is 5.69 Å². The first-order chi connectivity index (χ1) is 7.16. The number of halogens is 2. The van der Waals surface area contributed by atoms with E-state index in [9.17, 15) is 0 Å². The average molecular weight is 287 g/mol. The van der Waals surface area contributed by atoms with Crippen LogP contribution in [0.25, 0.3) is 0 Å². The first-order valence-electron chi connectivity index (χ1n) is 4.31. The summed E-state index contributed by atoms with van der Waals surface area (Å²) in [6.45, 7) is 0. The van der Waals surface area contributed by atoms with Gasteiger partial charge in [0.1, 0.15) is 0 Å². The lowest BCUT2D eigenvalue weighted by molar-refractivity contribution is 0.853. The molecule has 5 heteroatoms. The van der Waals surface area contributed by atoms with Crippen molar-refractivity contribution in [1.29, 1.82) is 0 Å². The Labute approximate surface area is 101 Å². The summed E-state index contributed by atoms with van der Waals surface area (Å²) in [5, 5.41) is 2.53. The van der Waals surface area contributed by atoms with Gasteiger partial charge >= 0.3 is 0 Å². The molecule has 1 aliphatic rings. The van der Waals surface area contributed by atoms with E-state index in [0.29, 0.717) is 10.7 Å². The van der Waals surface area contributed by atoms with Crippen LogP contribution in [0.15, 0.2) is 46.8 Å². The highest BCUT2D eigenvalue weighted by molar-refractivity contribution is 9.10. The van der Waals surface area contributed by atoms with Gasteiger partial charge in [0.2, 0.25) is 0 Å². The van der Waals surface area contributed by atoms with Crippen LogP contribution in [0.2, 0.25) is 5.02 Å². The molecule has 0 unspecified atom stereocenters. The zero-order valence-electron chi connectivity index (χ0n) is 7.74. The van der Waals surface area contributed by atoms with Gasteiger partial charge in [-0.25, -0.2) is 0 Å². The number of rotatable bonds is 1. The van der Waals surface area contributed by atoms with E-state index < -0.39 is 0 Å². The molecule has 0 amide bonds. The van der Waals surface area contributed by atoms with E-state index in [-0.39, 0.29) is 0 Å². The van der Waals surface area contributed by atoms with Crippen molar-refractivity contribution in [3.05, 3.63) is 51.9 Å². The SMILES string of the molecule is NC1=CNN(c2ccc(Cl)c(Br)c2)C=C1. The Balaban J connectivity index is 2.25. The second-order valence-electron chi connectivity index (χ2n) is 3.06. The lowest BCUT2D eigenvalue weighted by Crippen LogP contribution is -2.32. The van der Waals surface area contributed by atoms with Crippen LogP contribution >= 0.6 is 27.5 Å². The van der Waals surface area contributed by atoms with Crippen LogP contribution < -0.4 is 16.2 Å². The smallest absolute Gasteiger partial charge is 0.0635 e. The highest BCUT2D eigenvalue weighted by Crippen LogP contribution is 2.27. The molecule has 1 aromatic carbocycles. The Morgan fingerprint density at radius 2 is 2.20 bits per heavy atom. The number of nitrogens with one attached hydrogen (secondary N) is 1. The number of benzene rings is 1. The first-order valence-corrected chi connectivity index (χ1v) is 5.48. The molecular formula is C10H9BrClN3. The summed E-state index contributed by atoms with van der Waals surface area (Å²) in [6.07, 6.45) is 5.40. The number of nitrogens with zero attached hydrogens (tertiary/aromatic N) is 1. The molecule has 3 nitrogen and oxygen atoms in total. The van der Waals surface area contributed by atoms with Crippen molar-refractivity contribution in [1.82, 2.24) is 5.43 Å². The first kappa shape index (κ1) is 10.4. The number of hydrazine groups is 1. The third-order valence-corrected chi connectivity index (χ3v) is 3.18. The van der Waals surface area contributed by atoms with Gasteiger partial charge < -0.3 is 5.73 Å². The zero-order valence-corrected chi connectivity index (χ0v) is 10.1. The highest BCUT2D eigenvalue weighted by Gasteiger charge is 2.06. The average Bonchev–Trinajstić information content (AvgIpc) is 2.23. The molecule has 0 aliphatic carbocycles. The number of anilines is 1. The zero-order chi connectivity index (χ0) is 10.8. The maximum atomic E-state index is 5.91. The van der Waals surface area contributed by atoms with Crippen molar-refractivity contribution >= 4 is 33.2 Å². The molecule has 1 aromatic rings. The normalized spacial score (nSPS) is 14.8. The Hall–Kier alpha value is -1.13. The maximum absolute atomic E-state index is 5.91. The predicted molar refractivity (Wildman–Crippen MR) is 66.2 cm³/mol. The third-order valence-electron chi connectivity index (χ3n) is 1.97. The van der Waals surface area contributed by atoms with Crippen molar-refractivity contribution in [2.75, 3.05) is 5.01 Å². The van der Waals surface area contributed by atoms with Crippen LogP contribution in [0.1, 0.15) is 0 Å². The van der Waals surface area contributed by atoms with Crippen molar-refractivity contribution in [2.45, 2.75) is 0 Å². The quantitative estimate of drug-likeness (QED) is 0.834. The molecule has 0 radical (unpaired) electrons. The molecule has 3 N–H and O–H groups in total. The van der Waals surface area contributed by atoms with Crippen LogP contribution in [0.3, 0.4) is 0 Å². The monoisotopic (exact) mass is 285 g/mol. The van der Waals surface area contributed by atoms with E-state index in [1.807, 2.05) is 35.5 Å². The van der Waals surface area contributed by atoms with Crippen LogP contribution in [-0.2, 0) is 0 Å². The molecule has 0 bridgehead atoms. The highest BCUT2D eigenvalue weighted by atomic mass is 79.9. The number of allylic oxidation sites excluding steroid dienone is 1. The number of hydrogen-bond donors (Lipinski definition) is 2. The Morgan fingerprint density at radius 3 is 2.80 bits per heavy atom. The van der Waals surface area contributed by atoms with Gasteiger partial charge in [-0.15, -0.1) is 0 Å². The van der Waals surface area contributed by atoms with Crippen LogP contribution in [0.5, 0.6) is 0 Å². The molecule has 0 atom stereocenters. The van der Waals surface area contributed by atoms with E-state index in [4.69, 9.17) is 17.3 Å². The van der Waals surface area contributed by atoms with Crippen molar-refractivity contribution in [3.63, 3.8) is 0 Å². The van der Waals surface area contributed by atoms with E-state index in [0.717, 1.165) is 10.2 Å². The van der Waals surface area contributed by atoms with Gasteiger partial charge in [0.25, 0.3) is 0 Å². The topological polar surface area (TPSA) is 41.3 Å². The van der Waals surface area contributed by atoms with Crippen LogP contribution in [0, 0.1) is 0 Å². The maximum Gasteiger partial charge on any atom is 0.0635 e. The van der Waals surface area contributed by atoms with Crippen molar-refractivity contribution in [3.8, 4) is 0 Å². The minimum absolute atomic E-state index is 0.690. The summed E-state index contributed by atoms with van der Waals surface area (Å²) in [5.74, 6) is 0. The van der Waals surface area contributed by atoms with Crippen molar-refractivity contribution < 1.29 is 0 Å². The standard InChI is InChI=1S/C10H9BrClN3/c11-9-5-8(1-2-10(9)12)15-4-3-7(13)6-14-15/h1-6,14H,13H2. The summed E-state index contributed by atoms with van der Waals surface area (Å²) in [6, 6.07) is 5.67. The van der Waals surface area contributed by atoms with E-state index >= 15 is 0 Å². The fraction of sp³-hybridized carbons (Fsp3) is 0. The molecule has 15 heavy (non-hydrogen) atoms. The summed E-state index contributed by atoms with van der Waals surface area (Å²) in [5.41, 5.74) is 10.3. The second kappa shape index (κ2) is 4.16. The molecule has 0 saturated heterocycles. The Bertz CT molecular complexity index is 442. The van der Waals surface area contributed by atoms with Gasteiger partial charge in [-0.2, -0.15) is 0 Å². The third kappa shape index (κ3) is 2.27. The molecule has 2 rings (SSSR count). The van der Waals surface area contributed by atoms with E-state index in [1.165, 1.54) is 0 Å². The van der Waals surface area contributed by atoms with Gasteiger partial charge in [-0.05, 0) is 40.2 Å². The van der Waals surface area contributed by atoms with Crippen molar-refractivity contribution in [2.24, 2.45) is 5.73 Å². The minimum Gasteiger partial charge on any atom is -0.397 e. The van der Waals surface area contributed by atoms with Gasteiger partial charge in [-0.1, -0.05) is 11.6 Å². The molecule has 1 aliphatic heterocycles. The molecular weight excluding hydrogens is 277 g/mol. The molecule has 0 aromatic heterocycles. The minimum atomic E-state index is 0.690. The van der Waals surface area contributed by atoms with Gasteiger partial charge in [0.15, 0.2) is 0 Å². The lowest BCUT2D eigenvalue weighted by Gasteiger charge is -2.23. The summed E-state index contributed by atoms with van der Waals surface area (Å²) in [4.78, 5) is 0. The largest absolute Gasteiger partial charge is 0.397 e. The molecule has 1 heterocycles. The fourth-order valence-electron chi connectivity index (χ4n) is 1.19. The number of nitrogens with two attached hydrogens (primary N) is 1. The molecule has 0 fully saturated rings. The van der Waals surface area contributed by atoms with E-state index in [1.54, 1.807) is 6.20 Å².